The van der Waals surface area contributed by atoms with Gasteiger partial charge in [-0.25, -0.2) is 4.79 Å². The van der Waals surface area contributed by atoms with Crippen LogP contribution in [0.3, 0.4) is 0 Å². The molecule has 96 valence electrons. The zero-order valence-corrected chi connectivity index (χ0v) is 10.5. The summed E-state index contributed by atoms with van der Waals surface area (Å²) in [4.78, 5) is 13.2. The normalized spacial score (nSPS) is 11.3. The lowest BCUT2D eigenvalue weighted by atomic mass is 10.0. The molecule has 0 aliphatic heterocycles. The second-order valence-corrected chi connectivity index (χ2v) is 4.51. The van der Waals surface area contributed by atoms with Crippen LogP contribution in [-0.4, -0.2) is 35.2 Å². The highest BCUT2D eigenvalue weighted by molar-refractivity contribution is 6.05. The van der Waals surface area contributed by atoms with Crippen molar-refractivity contribution in [2.24, 2.45) is 0 Å². The monoisotopic (exact) mass is 249 g/mol. The summed E-state index contributed by atoms with van der Waals surface area (Å²) in [7, 11) is 3.71. The minimum Gasteiger partial charge on any atom is -0.508 e. The van der Waals surface area contributed by atoms with Crippen LogP contribution in [0, 0.1) is 6.92 Å². The Morgan fingerprint density at radius 2 is 2.06 bits per heavy atom. The molecule has 0 radical (unpaired) electrons. The second kappa shape index (κ2) is 4.34. The number of aromatic hydroxyl groups is 1. The van der Waals surface area contributed by atoms with Crippen LogP contribution in [0.2, 0.25) is 0 Å². The molecule has 1 aromatic carbocycles. The molecule has 0 amide bonds. The Balaban J connectivity index is 2.81. The zero-order chi connectivity index (χ0) is 13.4. The fourth-order valence-electron chi connectivity index (χ4n) is 2.10. The van der Waals surface area contributed by atoms with Crippen LogP contribution >= 0.6 is 0 Å². The van der Waals surface area contributed by atoms with Gasteiger partial charge < -0.3 is 19.5 Å². The number of aryl methyl sites for hydroxylation is 1. The average molecular weight is 249 g/mol. The molecule has 1 heterocycles. The van der Waals surface area contributed by atoms with E-state index in [1.54, 1.807) is 13.0 Å². The molecule has 2 rings (SSSR count). The van der Waals surface area contributed by atoms with E-state index in [2.05, 4.69) is 0 Å². The van der Waals surface area contributed by atoms with Gasteiger partial charge in [-0.2, -0.15) is 0 Å². The number of hydrogen-bond acceptors (Lipinski definition) is 4. The van der Waals surface area contributed by atoms with Crippen LogP contribution in [0.5, 0.6) is 5.75 Å². The van der Waals surface area contributed by atoms with Gasteiger partial charge >= 0.3 is 5.97 Å². The van der Waals surface area contributed by atoms with Crippen molar-refractivity contribution in [1.82, 2.24) is 4.90 Å². The number of nitrogens with zero attached hydrogens (tertiary/aromatic N) is 1. The summed E-state index contributed by atoms with van der Waals surface area (Å²) in [5.41, 5.74) is 1.18. The van der Waals surface area contributed by atoms with Crippen molar-refractivity contribution >= 4 is 16.9 Å². The van der Waals surface area contributed by atoms with Crippen molar-refractivity contribution in [3.05, 3.63) is 29.0 Å². The van der Waals surface area contributed by atoms with E-state index in [9.17, 15) is 15.0 Å². The summed E-state index contributed by atoms with van der Waals surface area (Å²) in [5.74, 6) is -0.612. The van der Waals surface area contributed by atoms with Crippen molar-refractivity contribution in [3.8, 4) is 5.75 Å². The van der Waals surface area contributed by atoms with Crippen LogP contribution in [0.4, 0.5) is 0 Å². The average Bonchev–Trinajstić information content (AvgIpc) is 2.58. The Kier molecular flexibility index (Phi) is 3.00. The Bertz CT molecular complexity index is 613. The van der Waals surface area contributed by atoms with Crippen molar-refractivity contribution in [2.75, 3.05) is 14.1 Å². The first-order chi connectivity index (χ1) is 8.41. The quantitative estimate of drug-likeness (QED) is 0.872. The van der Waals surface area contributed by atoms with Gasteiger partial charge in [-0.15, -0.1) is 0 Å². The number of fused-ring (bicyclic) bond motifs is 1. The predicted octanol–water partition coefficient (Wildman–Crippen LogP) is 2.21. The van der Waals surface area contributed by atoms with E-state index in [4.69, 9.17) is 4.42 Å². The van der Waals surface area contributed by atoms with Gasteiger partial charge in [-0.05, 0) is 33.2 Å². The maximum Gasteiger partial charge on any atom is 0.339 e. The molecule has 0 unspecified atom stereocenters. The van der Waals surface area contributed by atoms with Crippen LogP contribution in [0.25, 0.3) is 11.0 Å². The number of benzene rings is 1. The van der Waals surface area contributed by atoms with E-state index >= 15 is 0 Å². The lowest BCUT2D eigenvalue weighted by molar-refractivity contribution is 0.0697. The van der Waals surface area contributed by atoms with Gasteiger partial charge in [0, 0.05) is 17.5 Å². The van der Waals surface area contributed by atoms with E-state index < -0.39 is 5.97 Å². The molecule has 0 aliphatic rings. The summed E-state index contributed by atoms with van der Waals surface area (Å²) >= 11 is 0. The molecule has 5 nitrogen and oxygen atoms in total. The summed E-state index contributed by atoms with van der Waals surface area (Å²) in [6, 6.07) is 3.11. The number of carboxylic acids is 1. The van der Waals surface area contributed by atoms with Crippen LogP contribution in [0.15, 0.2) is 16.5 Å². The fraction of sp³-hybridized carbons (Fsp3) is 0.308. The largest absolute Gasteiger partial charge is 0.508 e. The first kappa shape index (κ1) is 12.4. The second-order valence-electron chi connectivity index (χ2n) is 4.51. The maximum absolute atomic E-state index is 11.3. The fourth-order valence-corrected chi connectivity index (χ4v) is 2.10. The zero-order valence-electron chi connectivity index (χ0n) is 10.5. The van der Waals surface area contributed by atoms with Gasteiger partial charge in [-0.1, -0.05) is 0 Å². The third kappa shape index (κ3) is 1.93. The van der Waals surface area contributed by atoms with Crippen molar-refractivity contribution in [1.29, 1.82) is 0 Å². The molecule has 0 atom stereocenters. The standard InChI is InChI=1S/C13H15NO4/c1-7-11(13(16)17)12-8(6-14(2)3)9(15)4-5-10(12)18-7/h4-5,15H,6H2,1-3H3,(H,16,17). The minimum absolute atomic E-state index is 0.0829. The minimum atomic E-state index is -1.04. The van der Waals surface area contributed by atoms with Crippen LogP contribution in [-0.2, 0) is 6.54 Å². The SMILES string of the molecule is Cc1oc2ccc(O)c(CN(C)C)c2c1C(=O)O. The van der Waals surface area contributed by atoms with E-state index in [1.165, 1.54) is 6.07 Å². The number of rotatable bonds is 3. The van der Waals surface area contributed by atoms with Crippen molar-refractivity contribution in [2.45, 2.75) is 13.5 Å². The number of phenolic OH excluding ortho intramolecular Hbond substituents is 1. The summed E-state index contributed by atoms with van der Waals surface area (Å²) in [6.07, 6.45) is 0. The molecule has 2 N–H and O–H groups in total. The number of carbonyl (C=O) groups is 1. The predicted molar refractivity (Wildman–Crippen MR) is 67.0 cm³/mol. The highest BCUT2D eigenvalue weighted by Crippen LogP contribution is 2.34. The Morgan fingerprint density at radius 1 is 1.39 bits per heavy atom. The van der Waals surface area contributed by atoms with E-state index in [0.29, 0.717) is 28.8 Å². The van der Waals surface area contributed by atoms with Gasteiger partial charge in [0.2, 0.25) is 0 Å². The molecular formula is C13H15NO4. The molecular weight excluding hydrogens is 234 g/mol. The van der Waals surface area contributed by atoms with E-state index in [1.807, 2.05) is 19.0 Å². The highest BCUT2D eigenvalue weighted by atomic mass is 16.4. The number of phenols is 1. The van der Waals surface area contributed by atoms with Crippen LogP contribution in [0.1, 0.15) is 21.7 Å². The molecule has 5 heteroatoms. The van der Waals surface area contributed by atoms with Gasteiger partial charge in [0.25, 0.3) is 0 Å². The Morgan fingerprint density at radius 3 is 2.61 bits per heavy atom. The van der Waals surface area contributed by atoms with Gasteiger partial charge in [0.15, 0.2) is 0 Å². The van der Waals surface area contributed by atoms with Crippen LogP contribution < -0.4 is 0 Å². The molecule has 2 aromatic rings. The number of aromatic carboxylic acids is 1. The Labute approximate surface area is 104 Å². The smallest absolute Gasteiger partial charge is 0.339 e. The maximum atomic E-state index is 11.3. The first-order valence-corrected chi connectivity index (χ1v) is 5.53. The number of furan rings is 1. The molecule has 1 aromatic heterocycles. The molecule has 18 heavy (non-hydrogen) atoms. The topological polar surface area (TPSA) is 73.9 Å². The third-order valence-electron chi connectivity index (χ3n) is 2.80. The van der Waals surface area contributed by atoms with Gasteiger partial charge in [-0.3, -0.25) is 0 Å². The lowest BCUT2D eigenvalue weighted by Gasteiger charge is -2.12. The summed E-state index contributed by atoms with van der Waals surface area (Å²) in [6.45, 7) is 2.06. The molecule has 0 spiro atoms. The highest BCUT2D eigenvalue weighted by Gasteiger charge is 2.22. The summed E-state index contributed by atoms with van der Waals surface area (Å²) < 4.78 is 5.43. The lowest BCUT2D eigenvalue weighted by Crippen LogP contribution is -2.11. The third-order valence-corrected chi connectivity index (χ3v) is 2.80. The van der Waals surface area contributed by atoms with Gasteiger partial charge in [0.05, 0.1) is 0 Å². The first-order valence-electron chi connectivity index (χ1n) is 5.53. The van der Waals surface area contributed by atoms with Crippen molar-refractivity contribution < 1.29 is 19.4 Å². The molecule has 0 aliphatic carbocycles. The molecule has 0 fully saturated rings. The summed E-state index contributed by atoms with van der Waals surface area (Å²) in [5, 5.41) is 19.6. The van der Waals surface area contributed by atoms with E-state index in [0.717, 1.165) is 0 Å². The molecule has 0 saturated heterocycles. The number of carboxylic acid groups (broad SMARTS) is 1. The van der Waals surface area contributed by atoms with Gasteiger partial charge in [0.1, 0.15) is 22.7 Å². The van der Waals surface area contributed by atoms with Crippen molar-refractivity contribution in [3.63, 3.8) is 0 Å². The van der Waals surface area contributed by atoms with E-state index in [-0.39, 0.29) is 11.3 Å². The molecule has 0 bridgehead atoms. The Hall–Kier alpha value is -2.01. The molecule has 0 saturated carbocycles. The number of hydrogen-bond donors (Lipinski definition) is 2.